The summed E-state index contributed by atoms with van der Waals surface area (Å²) in [4.78, 5) is 0. The molecule has 0 rings (SSSR count). The Morgan fingerprint density at radius 3 is 2.43 bits per heavy atom. The monoisotopic (exact) mass is 200 g/mol. The van der Waals surface area contributed by atoms with Gasteiger partial charge in [0.15, 0.2) is 0 Å². The Morgan fingerprint density at radius 2 is 1.79 bits per heavy atom. The van der Waals surface area contributed by atoms with Crippen molar-refractivity contribution in [3.05, 3.63) is 12.2 Å². The zero-order chi connectivity index (χ0) is 10.6. The lowest BCUT2D eigenvalue weighted by molar-refractivity contribution is 0.163. The van der Waals surface area contributed by atoms with Gasteiger partial charge in [0.25, 0.3) is 0 Å². The summed E-state index contributed by atoms with van der Waals surface area (Å²) in [5, 5.41) is 18.1. The topological polar surface area (TPSA) is 40.5 Å². The SMILES string of the molecule is CC/C=C\CC(O)CCCCCCO. The van der Waals surface area contributed by atoms with Gasteiger partial charge in [0.1, 0.15) is 0 Å². The van der Waals surface area contributed by atoms with Crippen LogP contribution in [0.25, 0.3) is 0 Å². The molecular weight excluding hydrogens is 176 g/mol. The van der Waals surface area contributed by atoms with Crippen molar-refractivity contribution in [2.45, 2.75) is 58.0 Å². The molecule has 0 fully saturated rings. The van der Waals surface area contributed by atoms with Crippen LogP contribution in [0.5, 0.6) is 0 Å². The molecule has 0 spiro atoms. The second-order valence-corrected chi connectivity index (χ2v) is 3.70. The number of allylic oxidation sites excluding steroid dienone is 1. The first-order chi connectivity index (χ1) is 6.81. The third-order valence-corrected chi connectivity index (χ3v) is 2.26. The first-order valence-electron chi connectivity index (χ1n) is 5.75. The largest absolute Gasteiger partial charge is 0.396 e. The van der Waals surface area contributed by atoms with Crippen LogP contribution in [0, 0.1) is 0 Å². The molecule has 0 aliphatic carbocycles. The summed E-state index contributed by atoms with van der Waals surface area (Å²) in [7, 11) is 0. The molecule has 0 bridgehead atoms. The molecular formula is C12H24O2. The zero-order valence-electron chi connectivity index (χ0n) is 9.28. The Morgan fingerprint density at radius 1 is 1.07 bits per heavy atom. The molecule has 1 atom stereocenters. The first-order valence-corrected chi connectivity index (χ1v) is 5.75. The number of rotatable bonds is 9. The minimum Gasteiger partial charge on any atom is -0.396 e. The minimum atomic E-state index is -0.174. The Hall–Kier alpha value is -0.340. The van der Waals surface area contributed by atoms with E-state index in [2.05, 4.69) is 19.1 Å². The summed E-state index contributed by atoms with van der Waals surface area (Å²) in [6, 6.07) is 0. The molecule has 0 saturated heterocycles. The van der Waals surface area contributed by atoms with Crippen molar-refractivity contribution < 1.29 is 10.2 Å². The van der Waals surface area contributed by atoms with Crippen LogP contribution in [0.3, 0.4) is 0 Å². The van der Waals surface area contributed by atoms with Crippen molar-refractivity contribution >= 4 is 0 Å². The van der Waals surface area contributed by atoms with Crippen LogP contribution in [0.4, 0.5) is 0 Å². The minimum absolute atomic E-state index is 0.174. The molecule has 0 radical (unpaired) electrons. The third kappa shape index (κ3) is 9.75. The smallest absolute Gasteiger partial charge is 0.0574 e. The standard InChI is InChI=1S/C12H24O2/c1-2-3-6-9-12(14)10-7-4-5-8-11-13/h3,6,12-14H,2,4-5,7-11H2,1H3/b6-3-. The first kappa shape index (κ1) is 13.7. The van der Waals surface area contributed by atoms with Gasteiger partial charge in [-0.25, -0.2) is 0 Å². The Labute approximate surface area is 87.7 Å². The second kappa shape index (κ2) is 10.7. The van der Waals surface area contributed by atoms with Crippen molar-refractivity contribution in [1.82, 2.24) is 0 Å². The van der Waals surface area contributed by atoms with Crippen molar-refractivity contribution in [2.75, 3.05) is 6.61 Å². The van der Waals surface area contributed by atoms with Gasteiger partial charge in [-0.1, -0.05) is 38.3 Å². The van der Waals surface area contributed by atoms with Crippen LogP contribution in [0.2, 0.25) is 0 Å². The maximum absolute atomic E-state index is 9.53. The predicted octanol–water partition coefficient (Wildman–Crippen LogP) is 2.65. The summed E-state index contributed by atoms with van der Waals surface area (Å²) in [6.45, 7) is 2.39. The van der Waals surface area contributed by atoms with Crippen molar-refractivity contribution in [1.29, 1.82) is 0 Å². The highest BCUT2D eigenvalue weighted by Gasteiger charge is 2.00. The lowest BCUT2D eigenvalue weighted by Gasteiger charge is -2.06. The van der Waals surface area contributed by atoms with E-state index in [1.54, 1.807) is 0 Å². The van der Waals surface area contributed by atoms with Crippen molar-refractivity contribution in [3.8, 4) is 0 Å². The zero-order valence-corrected chi connectivity index (χ0v) is 9.28. The highest BCUT2D eigenvalue weighted by Crippen LogP contribution is 2.08. The van der Waals surface area contributed by atoms with Gasteiger partial charge in [-0.15, -0.1) is 0 Å². The van der Waals surface area contributed by atoms with Crippen molar-refractivity contribution in [2.24, 2.45) is 0 Å². The van der Waals surface area contributed by atoms with Crippen LogP contribution >= 0.6 is 0 Å². The average Bonchev–Trinajstić information content (AvgIpc) is 2.18. The number of hydrogen-bond donors (Lipinski definition) is 2. The van der Waals surface area contributed by atoms with Crippen molar-refractivity contribution in [3.63, 3.8) is 0 Å². The molecule has 0 heterocycles. The van der Waals surface area contributed by atoms with Crippen LogP contribution in [-0.4, -0.2) is 22.9 Å². The van der Waals surface area contributed by atoms with E-state index in [1.807, 2.05) is 0 Å². The van der Waals surface area contributed by atoms with E-state index < -0.39 is 0 Å². The predicted molar refractivity (Wildman–Crippen MR) is 60.2 cm³/mol. The quantitative estimate of drug-likeness (QED) is 0.444. The van der Waals surface area contributed by atoms with Gasteiger partial charge in [0.2, 0.25) is 0 Å². The van der Waals surface area contributed by atoms with E-state index in [1.165, 1.54) is 0 Å². The van der Waals surface area contributed by atoms with E-state index in [4.69, 9.17) is 5.11 Å². The van der Waals surface area contributed by atoms with Gasteiger partial charge < -0.3 is 10.2 Å². The fourth-order valence-electron chi connectivity index (χ4n) is 1.38. The average molecular weight is 200 g/mol. The second-order valence-electron chi connectivity index (χ2n) is 3.70. The lowest BCUT2D eigenvalue weighted by Crippen LogP contribution is -2.04. The normalized spacial score (nSPS) is 13.6. The van der Waals surface area contributed by atoms with E-state index in [0.29, 0.717) is 6.61 Å². The molecule has 0 aliphatic rings. The number of aliphatic hydroxyl groups is 2. The number of unbranched alkanes of at least 4 members (excludes halogenated alkanes) is 3. The van der Waals surface area contributed by atoms with Gasteiger partial charge >= 0.3 is 0 Å². The lowest BCUT2D eigenvalue weighted by atomic mass is 10.1. The van der Waals surface area contributed by atoms with Gasteiger partial charge in [0, 0.05) is 6.61 Å². The number of aliphatic hydroxyl groups excluding tert-OH is 2. The van der Waals surface area contributed by atoms with E-state index in [-0.39, 0.29) is 6.10 Å². The Kier molecular flexibility index (Phi) is 10.5. The van der Waals surface area contributed by atoms with Gasteiger partial charge in [-0.05, 0) is 25.7 Å². The molecule has 2 nitrogen and oxygen atoms in total. The van der Waals surface area contributed by atoms with Gasteiger partial charge in [-0.2, -0.15) is 0 Å². The summed E-state index contributed by atoms with van der Waals surface area (Å²) in [5.41, 5.74) is 0. The van der Waals surface area contributed by atoms with Gasteiger partial charge in [0.05, 0.1) is 6.10 Å². The molecule has 14 heavy (non-hydrogen) atoms. The molecule has 0 aliphatic heterocycles. The summed E-state index contributed by atoms with van der Waals surface area (Å²) in [5.74, 6) is 0. The highest BCUT2D eigenvalue weighted by atomic mass is 16.3. The third-order valence-electron chi connectivity index (χ3n) is 2.26. The van der Waals surface area contributed by atoms with E-state index in [9.17, 15) is 5.11 Å². The molecule has 0 aromatic carbocycles. The summed E-state index contributed by atoms with van der Waals surface area (Å²) in [6.07, 6.45) is 10.9. The fraction of sp³-hybridized carbons (Fsp3) is 0.833. The van der Waals surface area contributed by atoms with Crippen LogP contribution in [0.1, 0.15) is 51.9 Å². The fourth-order valence-corrected chi connectivity index (χ4v) is 1.38. The highest BCUT2D eigenvalue weighted by molar-refractivity contribution is 4.82. The van der Waals surface area contributed by atoms with Crippen LogP contribution in [-0.2, 0) is 0 Å². The van der Waals surface area contributed by atoms with Crippen LogP contribution in [0.15, 0.2) is 12.2 Å². The molecule has 1 unspecified atom stereocenters. The summed E-state index contributed by atoms with van der Waals surface area (Å²) >= 11 is 0. The molecule has 2 N–H and O–H groups in total. The van der Waals surface area contributed by atoms with Gasteiger partial charge in [-0.3, -0.25) is 0 Å². The number of hydrogen-bond acceptors (Lipinski definition) is 2. The Bertz CT molecular complexity index is 132. The molecule has 84 valence electrons. The molecule has 0 saturated carbocycles. The van der Waals surface area contributed by atoms with Crippen LogP contribution < -0.4 is 0 Å². The van der Waals surface area contributed by atoms with E-state index >= 15 is 0 Å². The Balaban J connectivity index is 3.18. The maximum Gasteiger partial charge on any atom is 0.0574 e. The molecule has 0 aromatic rings. The van der Waals surface area contributed by atoms with E-state index in [0.717, 1.165) is 44.9 Å². The maximum atomic E-state index is 9.53. The molecule has 2 heteroatoms. The molecule has 0 amide bonds. The molecule has 0 aromatic heterocycles. The summed E-state index contributed by atoms with van der Waals surface area (Å²) < 4.78 is 0.